The number of nitrogens with one attached hydrogen (secondary N) is 4. The molecule has 1 aromatic rings. The predicted molar refractivity (Wildman–Crippen MR) is 119 cm³/mol. The first kappa shape index (κ1) is 27.4. The van der Waals surface area contributed by atoms with Crippen LogP contribution in [0.4, 0.5) is 0 Å². The van der Waals surface area contributed by atoms with Gasteiger partial charge in [-0.15, -0.1) is 0 Å². The lowest BCUT2D eigenvalue weighted by molar-refractivity contribution is -0.143. The Kier molecular flexibility index (Phi) is 11.7. The van der Waals surface area contributed by atoms with Crippen molar-refractivity contribution in [1.29, 1.82) is 0 Å². The first-order valence-electron chi connectivity index (χ1n) is 10.1. The third-order valence-electron chi connectivity index (χ3n) is 4.63. The van der Waals surface area contributed by atoms with Crippen molar-refractivity contribution in [3.8, 4) is 0 Å². The lowest BCUT2D eigenvalue weighted by Gasteiger charge is -2.26. The zero-order valence-corrected chi connectivity index (χ0v) is 19.1. The first-order chi connectivity index (χ1) is 15.1. The summed E-state index contributed by atoms with van der Waals surface area (Å²) in [7, 11) is 0. The number of amides is 3. The zero-order chi connectivity index (χ0) is 24.3. The lowest BCUT2D eigenvalue weighted by atomic mass is 10.0. The monoisotopic (exact) mass is 472 g/mol. The standard InChI is InChI=1S/C19H32N6O6S/c1-10(2)15(25-16(27)12(20)4-5-32-3)18(29)23-13(6-11-7-21-9-22-11)17(28)24-14(8-26)19(30)31/h7,9-10,12-15,26H,4-6,8,20H2,1-3H3,(H,21,22)(H,23,29)(H,24,28)(H,25,27)(H,30,31). The number of carboxylic acids is 1. The molecule has 13 heteroatoms. The maximum Gasteiger partial charge on any atom is 0.328 e. The quantitative estimate of drug-likeness (QED) is 0.163. The number of imidazole rings is 1. The largest absolute Gasteiger partial charge is 0.480 e. The number of hydrogen-bond acceptors (Lipinski definition) is 8. The number of thioether (sulfide) groups is 1. The number of hydrogen-bond donors (Lipinski definition) is 7. The van der Waals surface area contributed by atoms with Gasteiger partial charge in [0, 0.05) is 18.3 Å². The number of rotatable bonds is 14. The molecular formula is C19H32N6O6S. The van der Waals surface area contributed by atoms with Crippen LogP contribution in [0.15, 0.2) is 12.5 Å². The van der Waals surface area contributed by atoms with Crippen molar-refractivity contribution in [1.82, 2.24) is 25.9 Å². The summed E-state index contributed by atoms with van der Waals surface area (Å²) in [5.74, 6) is -2.95. The van der Waals surface area contributed by atoms with Gasteiger partial charge in [-0.2, -0.15) is 11.8 Å². The van der Waals surface area contributed by atoms with Crippen molar-refractivity contribution in [2.75, 3.05) is 18.6 Å². The Bertz CT molecular complexity index is 759. The second-order valence-electron chi connectivity index (χ2n) is 7.54. The molecule has 0 spiro atoms. The molecule has 32 heavy (non-hydrogen) atoms. The normalized spacial score (nSPS) is 14.8. The molecule has 0 saturated heterocycles. The summed E-state index contributed by atoms with van der Waals surface area (Å²) in [6, 6.07) is -4.45. The Balaban J connectivity index is 2.96. The minimum Gasteiger partial charge on any atom is -0.480 e. The van der Waals surface area contributed by atoms with Crippen LogP contribution in [-0.4, -0.2) is 86.7 Å². The Hall–Kier alpha value is -2.64. The molecule has 0 aliphatic rings. The second-order valence-corrected chi connectivity index (χ2v) is 8.53. The number of aliphatic hydroxyl groups excluding tert-OH is 1. The molecule has 0 saturated carbocycles. The Labute approximate surface area is 190 Å². The van der Waals surface area contributed by atoms with Crippen LogP contribution in [0.1, 0.15) is 26.0 Å². The van der Waals surface area contributed by atoms with Crippen LogP contribution in [-0.2, 0) is 25.6 Å². The predicted octanol–water partition coefficient (Wildman–Crippen LogP) is -1.78. The fourth-order valence-corrected chi connectivity index (χ4v) is 3.21. The van der Waals surface area contributed by atoms with Crippen molar-refractivity contribution >= 4 is 35.5 Å². The molecule has 4 unspecified atom stereocenters. The van der Waals surface area contributed by atoms with Crippen molar-refractivity contribution in [3.63, 3.8) is 0 Å². The summed E-state index contributed by atoms with van der Waals surface area (Å²) in [5, 5.41) is 25.6. The van der Waals surface area contributed by atoms with Crippen LogP contribution in [0.5, 0.6) is 0 Å². The van der Waals surface area contributed by atoms with Gasteiger partial charge in [0.25, 0.3) is 0 Å². The van der Waals surface area contributed by atoms with E-state index in [0.717, 1.165) is 0 Å². The number of carbonyl (C=O) groups excluding carboxylic acids is 3. The van der Waals surface area contributed by atoms with Crippen LogP contribution in [0.3, 0.4) is 0 Å². The number of aliphatic hydroxyl groups is 1. The van der Waals surface area contributed by atoms with Gasteiger partial charge < -0.3 is 36.9 Å². The minimum absolute atomic E-state index is 0.0126. The van der Waals surface area contributed by atoms with E-state index in [1.807, 2.05) is 6.26 Å². The highest BCUT2D eigenvalue weighted by Crippen LogP contribution is 2.07. The summed E-state index contributed by atoms with van der Waals surface area (Å²) < 4.78 is 0. The highest BCUT2D eigenvalue weighted by atomic mass is 32.2. The van der Waals surface area contributed by atoms with E-state index in [1.165, 1.54) is 12.5 Å². The number of H-pyrrole nitrogens is 1. The van der Waals surface area contributed by atoms with Crippen molar-refractivity contribution in [3.05, 3.63) is 18.2 Å². The van der Waals surface area contributed by atoms with E-state index >= 15 is 0 Å². The van der Waals surface area contributed by atoms with E-state index in [2.05, 4.69) is 25.9 Å². The van der Waals surface area contributed by atoms with E-state index in [-0.39, 0.29) is 12.3 Å². The van der Waals surface area contributed by atoms with E-state index in [4.69, 9.17) is 10.8 Å². The number of nitrogens with two attached hydrogens (primary N) is 1. The molecule has 12 nitrogen and oxygen atoms in total. The lowest BCUT2D eigenvalue weighted by Crippen LogP contribution is -2.59. The average Bonchev–Trinajstić information content (AvgIpc) is 3.25. The maximum absolute atomic E-state index is 12.9. The molecule has 0 bridgehead atoms. The van der Waals surface area contributed by atoms with Gasteiger partial charge in [-0.1, -0.05) is 13.8 Å². The van der Waals surface area contributed by atoms with Crippen molar-refractivity contribution in [2.45, 2.75) is 50.9 Å². The Morgan fingerprint density at radius 2 is 1.78 bits per heavy atom. The maximum atomic E-state index is 12.9. The summed E-state index contributed by atoms with van der Waals surface area (Å²) in [6.45, 7) is 2.65. The van der Waals surface area contributed by atoms with Gasteiger partial charge in [0.05, 0.1) is 19.0 Å². The topological polar surface area (TPSA) is 200 Å². The molecule has 1 rings (SSSR count). The van der Waals surface area contributed by atoms with E-state index in [1.54, 1.807) is 25.6 Å². The van der Waals surface area contributed by atoms with Crippen LogP contribution < -0.4 is 21.7 Å². The van der Waals surface area contributed by atoms with Crippen LogP contribution in [0.25, 0.3) is 0 Å². The molecule has 0 aromatic carbocycles. The third kappa shape index (κ3) is 8.85. The summed E-state index contributed by atoms with van der Waals surface area (Å²) >= 11 is 1.55. The molecule has 8 N–H and O–H groups in total. The Morgan fingerprint density at radius 1 is 1.12 bits per heavy atom. The number of carboxylic acid groups (broad SMARTS) is 1. The van der Waals surface area contributed by atoms with Gasteiger partial charge in [-0.05, 0) is 24.3 Å². The number of aromatic amines is 1. The minimum atomic E-state index is -1.53. The smallest absolute Gasteiger partial charge is 0.328 e. The van der Waals surface area contributed by atoms with Gasteiger partial charge in [0.15, 0.2) is 0 Å². The highest BCUT2D eigenvalue weighted by Gasteiger charge is 2.31. The molecular weight excluding hydrogens is 440 g/mol. The van der Waals surface area contributed by atoms with Gasteiger partial charge in [0.2, 0.25) is 17.7 Å². The fourth-order valence-electron chi connectivity index (χ4n) is 2.72. The number of aromatic nitrogens is 2. The molecule has 0 aliphatic heterocycles. The van der Waals surface area contributed by atoms with Crippen LogP contribution in [0.2, 0.25) is 0 Å². The zero-order valence-electron chi connectivity index (χ0n) is 18.3. The highest BCUT2D eigenvalue weighted by molar-refractivity contribution is 7.98. The van der Waals surface area contributed by atoms with E-state index in [9.17, 15) is 24.3 Å². The second kappa shape index (κ2) is 13.7. The van der Waals surface area contributed by atoms with Gasteiger partial charge in [-0.3, -0.25) is 14.4 Å². The average molecular weight is 473 g/mol. The molecule has 1 heterocycles. The summed E-state index contributed by atoms with van der Waals surface area (Å²) in [4.78, 5) is 55.8. The number of aliphatic carboxylic acids is 1. The van der Waals surface area contributed by atoms with Crippen LogP contribution >= 0.6 is 11.8 Å². The van der Waals surface area contributed by atoms with E-state index in [0.29, 0.717) is 17.9 Å². The van der Waals surface area contributed by atoms with Gasteiger partial charge in [-0.25, -0.2) is 9.78 Å². The Morgan fingerprint density at radius 3 is 2.28 bits per heavy atom. The summed E-state index contributed by atoms with van der Waals surface area (Å²) in [6.07, 6.45) is 5.18. The molecule has 0 fully saturated rings. The molecule has 3 amide bonds. The van der Waals surface area contributed by atoms with E-state index < -0.39 is 54.5 Å². The fraction of sp³-hybridized carbons (Fsp3) is 0.632. The molecule has 180 valence electrons. The van der Waals surface area contributed by atoms with Crippen molar-refractivity contribution in [2.24, 2.45) is 11.7 Å². The number of carbonyl (C=O) groups is 4. The summed E-state index contributed by atoms with van der Waals surface area (Å²) in [5.41, 5.74) is 6.40. The van der Waals surface area contributed by atoms with Gasteiger partial charge >= 0.3 is 5.97 Å². The number of nitrogens with zero attached hydrogens (tertiary/aromatic N) is 1. The first-order valence-corrected chi connectivity index (χ1v) is 11.5. The molecule has 0 radical (unpaired) electrons. The van der Waals surface area contributed by atoms with Gasteiger partial charge in [0.1, 0.15) is 18.1 Å². The molecule has 0 aliphatic carbocycles. The molecule has 1 aromatic heterocycles. The van der Waals surface area contributed by atoms with Crippen LogP contribution in [0, 0.1) is 5.92 Å². The third-order valence-corrected chi connectivity index (χ3v) is 5.27. The SMILES string of the molecule is CSCCC(N)C(=O)NC(C(=O)NC(Cc1cnc[nH]1)C(=O)NC(CO)C(=O)O)C(C)C. The van der Waals surface area contributed by atoms with Crippen molar-refractivity contribution < 1.29 is 29.4 Å². The molecule has 4 atom stereocenters.